The molecule has 0 spiro atoms. The Bertz CT molecular complexity index is 432. The fourth-order valence-corrected chi connectivity index (χ4v) is 1.65. The fraction of sp³-hybridized carbons (Fsp3) is 0.538. The molecule has 98 valence electrons. The highest BCUT2D eigenvalue weighted by molar-refractivity contribution is 5.98. The number of hydrogen-bond donors (Lipinski definition) is 2. The Labute approximate surface area is 106 Å². The Morgan fingerprint density at radius 2 is 2.33 bits per heavy atom. The van der Waals surface area contributed by atoms with Gasteiger partial charge in [0, 0.05) is 13.1 Å². The summed E-state index contributed by atoms with van der Waals surface area (Å²) in [6, 6.07) is 1.23. The lowest BCUT2D eigenvalue weighted by Gasteiger charge is -2.10. The van der Waals surface area contributed by atoms with Crippen LogP contribution in [0.15, 0.2) is 12.3 Å². The van der Waals surface area contributed by atoms with E-state index in [1.54, 1.807) is 0 Å². The van der Waals surface area contributed by atoms with E-state index < -0.39 is 5.82 Å². The first-order chi connectivity index (χ1) is 8.70. The quantitative estimate of drug-likeness (QED) is 0.814. The summed E-state index contributed by atoms with van der Waals surface area (Å²) in [5.74, 6) is 0.301. The summed E-state index contributed by atoms with van der Waals surface area (Å²) in [6.07, 6.45) is 4.38. The van der Waals surface area contributed by atoms with Crippen molar-refractivity contribution < 1.29 is 9.18 Å². The number of pyridine rings is 1. The molecule has 1 aromatic heterocycles. The van der Waals surface area contributed by atoms with E-state index in [1.165, 1.54) is 18.9 Å². The van der Waals surface area contributed by atoms with Crippen molar-refractivity contribution in [1.29, 1.82) is 0 Å². The second-order valence-corrected chi connectivity index (χ2v) is 4.63. The molecular weight excluding hydrogens is 233 g/mol. The molecule has 0 radical (unpaired) electrons. The molecule has 1 aliphatic rings. The number of nitrogens with zero attached hydrogens (tertiary/aromatic N) is 1. The molecule has 1 heterocycles. The molecule has 1 aliphatic carbocycles. The average molecular weight is 251 g/mol. The summed E-state index contributed by atoms with van der Waals surface area (Å²) in [6.45, 7) is 3.40. The Morgan fingerprint density at radius 1 is 1.56 bits per heavy atom. The van der Waals surface area contributed by atoms with Crippen molar-refractivity contribution >= 4 is 11.7 Å². The van der Waals surface area contributed by atoms with Crippen molar-refractivity contribution in [3.05, 3.63) is 23.6 Å². The highest BCUT2D eigenvalue weighted by Crippen LogP contribution is 2.27. The van der Waals surface area contributed by atoms with Crippen LogP contribution in [-0.4, -0.2) is 24.0 Å². The normalized spacial score (nSPS) is 14.3. The van der Waals surface area contributed by atoms with Crippen LogP contribution in [0.1, 0.15) is 36.5 Å². The molecule has 1 amide bonds. The van der Waals surface area contributed by atoms with Crippen molar-refractivity contribution in [1.82, 2.24) is 10.3 Å². The van der Waals surface area contributed by atoms with E-state index in [0.29, 0.717) is 24.8 Å². The molecule has 1 fully saturated rings. The summed E-state index contributed by atoms with van der Waals surface area (Å²) in [7, 11) is 0. The first-order valence-electron chi connectivity index (χ1n) is 6.38. The van der Waals surface area contributed by atoms with Crippen molar-refractivity contribution in [2.45, 2.75) is 26.2 Å². The van der Waals surface area contributed by atoms with Gasteiger partial charge < -0.3 is 10.6 Å². The van der Waals surface area contributed by atoms with Gasteiger partial charge in [-0.1, -0.05) is 6.92 Å². The Kier molecular flexibility index (Phi) is 4.12. The molecule has 18 heavy (non-hydrogen) atoms. The molecule has 2 N–H and O–H groups in total. The lowest BCUT2D eigenvalue weighted by atomic mass is 10.2. The highest BCUT2D eigenvalue weighted by Gasteiger charge is 2.22. The molecular formula is C13H18FN3O. The molecule has 1 aromatic rings. The van der Waals surface area contributed by atoms with Gasteiger partial charge in [-0.2, -0.15) is 0 Å². The minimum Gasteiger partial charge on any atom is -0.369 e. The molecule has 1 saturated carbocycles. The second kappa shape index (κ2) is 5.80. The molecule has 0 atom stereocenters. The van der Waals surface area contributed by atoms with Gasteiger partial charge in [0.05, 0.1) is 11.8 Å². The number of amides is 1. The minimum atomic E-state index is -0.492. The van der Waals surface area contributed by atoms with E-state index in [-0.39, 0.29) is 11.5 Å². The summed E-state index contributed by atoms with van der Waals surface area (Å²) in [5.41, 5.74) is 0.282. The third-order valence-electron chi connectivity index (χ3n) is 2.89. The summed E-state index contributed by atoms with van der Waals surface area (Å²) in [5, 5.41) is 5.86. The first-order valence-corrected chi connectivity index (χ1v) is 6.38. The number of carbonyl (C=O) groups is 1. The molecule has 0 saturated heterocycles. The molecule has 0 bridgehead atoms. The number of anilines is 1. The first kappa shape index (κ1) is 12.8. The van der Waals surface area contributed by atoms with Crippen LogP contribution < -0.4 is 10.6 Å². The number of carbonyl (C=O) groups excluding carboxylic acids is 1. The second-order valence-electron chi connectivity index (χ2n) is 4.63. The van der Waals surface area contributed by atoms with Gasteiger partial charge in [-0.15, -0.1) is 0 Å². The molecule has 5 heteroatoms. The minimum absolute atomic E-state index is 0.257. The van der Waals surface area contributed by atoms with Gasteiger partial charge in [0.25, 0.3) is 5.91 Å². The van der Waals surface area contributed by atoms with E-state index in [9.17, 15) is 9.18 Å². The maximum atomic E-state index is 13.2. The third kappa shape index (κ3) is 3.42. The average Bonchev–Trinajstić information content (AvgIpc) is 3.18. The van der Waals surface area contributed by atoms with Crippen LogP contribution >= 0.6 is 0 Å². The van der Waals surface area contributed by atoms with Crippen molar-refractivity contribution in [2.75, 3.05) is 18.4 Å². The maximum Gasteiger partial charge on any atom is 0.255 e. The number of nitrogens with one attached hydrogen (secondary N) is 2. The predicted octanol–water partition coefficient (Wildman–Crippen LogP) is 2.18. The van der Waals surface area contributed by atoms with Crippen LogP contribution in [0, 0.1) is 11.7 Å². The van der Waals surface area contributed by atoms with Crippen LogP contribution in [0.25, 0.3) is 0 Å². The summed E-state index contributed by atoms with van der Waals surface area (Å²) >= 11 is 0. The molecule has 0 aliphatic heterocycles. The maximum absolute atomic E-state index is 13.2. The van der Waals surface area contributed by atoms with Crippen LogP contribution in [0.2, 0.25) is 0 Å². The van der Waals surface area contributed by atoms with Gasteiger partial charge in [0.15, 0.2) is 0 Å². The standard InChI is InChI=1S/C13H18FN3O/c1-2-5-15-12-11(6-10(14)8-16-12)13(18)17-7-9-3-4-9/h6,8-9H,2-5,7H2,1H3,(H,15,16)(H,17,18). The Morgan fingerprint density at radius 3 is 3.00 bits per heavy atom. The van der Waals surface area contributed by atoms with Crippen LogP contribution in [-0.2, 0) is 0 Å². The highest BCUT2D eigenvalue weighted by atomic mass is 19.1. The smallest absolute Gasteiger partial charge is 0.255 e. The zero-order valence-electron chi connectivity index (χ0n) is 10.5. The number of hydrogen-bond acceptors (Lipinski definition) is 3. The van der Waals surface area contributed by atoms with E-state index in [0.717, 1.165) is 12.6 Å². The molecule has 0 aromatic carbocycles. The van der Waals surface area contributed by atoms with E-state index in [4.69, 9.17) is 0 Å². The number of rotatable bonds is 6. The summed E-state index contributed by atoms with van der Waals surface area (Å²) in [4.78, 5) is 15.9. The lowest BCUT2D eigenvalue weighted by Crippen LogP contribution is -2.27. The predicted molar refractivity (Wildman–Crippen MR) is 68.0 cm³/mol. The number of halogens is 1. The van der Waals surface area contributed by atoms with Crippen LogP contribution in [0.4, 0.5) is 10.2 Å². The Hall–Kier alpha value is -1.65. The number of aromatic nitrogens is 1. The largest absolute Gasteiger partial charge is 0.369 e. The fourth-order valence-electron chi connectivity index (χ4n) is 1.65. The topological polar surface area (TPSA) is 54.0 Å². The molecule has 2 rings (SSSR count). The molecule has 4 nitrogen and oxygen atoms in total. The molecule has 0 unspecified atom stereocenters. The van der Waals surface area contributed by atoms with Gasteiger partial charge in [0.2, 0.25) is 0 Å². The van der Waals surface area contributed by atoms with Crippen molar-refractivity contribution in [3.63, 3.8) is 0 Å². The van der Waals surface area contributed by atoms with E-state index in [1.807, 2.05) is 6.92 Å². The van der Waals surface area contributed by atoms with Gasteiger partial charge in [-0.25, -0.2) is 9.37 Å². The van der Waals surface area contributed by atoms with Gasteiger partial charge in [0.1, 0.15) is 11.6 Å². The van der Waals surface area contributed by atoms with Crippen LogP contribution in [0.5, 0.6) is 0 Å². The van der Waals surface area contributed by atoms with Gasteiger partial charge in [-0.05, 0) is 31.2 Å². The Balaban J connectivity index is 2.06. The van der Waals surface area contributed by atoms with Gasteiger partial charge in [-0.3, -0.25) is 4.79 Å². The zero-order valence-corrected chi connectivity index (χ0v) is 10.5. The summed E-state index contributed by atoms with van der Waals surface area (Å²) < 4.78 is 13.2. The van der Waals surface area contributed by atoms with Crippen LogP contribution in [0.3, 0.4) is 0 Å². The van der Waals surface area contributed by atoms with Gasteiger partial charge >= 0.3 is 0 Å². The van der Waals surface area contributed by atoms with Crippen molar-refractivity contribution in [3.8, 4) is 0 Å². The SMILES string of the molecule is CCCNc1ncc(F)cc1C(=O)NCC1CC1. The van der Waals surface area contributed by atoms with E-state index >= 15 is 0 Å². The monoisotopic (exact) mass is 251 g/mol. The lowest BCUT2D eigenvalue weighted by molar-refractivity contribution is 0.0952. The zero-order chi connectivity index (χ0) is 13.0. The van der Waals surface area contributed by atoms with E-state index in [2.05, 4.69) is 15.6 Å². The third-order valence-corrected chi connectivity index (χ3v) is 2.89. The van der Waals surface area contributed by atoms with Crippen molar-refractivity contribution in [2.24, 2.45) is 5.92 Å².